The molecule has 7 nitrogen and oxygen atoms in total. The van der Waals surface area contributed by atoms with Gasteiger partial charge in [-0.15, -0.1) is 0 Å². The SMILES string of the molecule is CC(C)n1c(=O)c2cnc(Nc3ccc4c(c3)CCNC4(C)C)cc2n1-c1ccnc(C2(C(F)(F)F)CC2)c1. The molecular weight excluding hydrogens is 505 g/mol. The second-order valence-electron chi connectivity index (χ2n) is 11.4. The van der Waals surface area contributed by atoms with Gasteiger partial charge < -0.3 is 10.6 Å². The number of anilines is 2. The quantitative estimate of drug-likeness (QED) is 0.333. The summed E-state index contributed by atoms with van der Waals surface area (Å²) in [6, 6.07) is 10.9. The van der Waals surface area contributed by atoms with E-state index in [1.54, 1.807) is 21.5 Å². The molecule has 4 aromatic rings. The molecule has 1 fully saturated rings. The van der Waals surface area contributed by atoms with Crippen LogP contribution in [-0.4, -0.2) is 32.1 Å². The van der Waals surface area contributed by atoms with E-state index < -0.39 is 11.6 Å². The molecule has 2 aliphatic rings. The Kier molecular flexibility index (Phi) is 5.70. The van der Waals surface area contributed by atoms with Crippen molar-refractivity contribution in [3.8, 4) is 5.69 Å². The van der Waals surface area contributed by atoms with Crippen LogP contribution in [0.5, 0.6) is 0 Å². The van der Waals surface area contributed by atoms with E-state index in [1.807, 2.05) is 19.9 Å². The van der Waals surface area contributed by atoms with Crippen molar-refractivity contribution >= 4 is 22.4 Å². The van der Waals surface area contributed by atoms with E-state index in [-0.39, 0.29) is 35.7 Å². The molecule has 1 aliphatic carbocycles. The van der Waals surface area contributed by atoms with Gasteiger partial charge in [-0.3, -0.25) is 9.78 Å². The minimum Gasteiger partial charge on any atom is -0.340 e. The molecule has 1 aromatic carbocycles. The van der Waals surface area contributed by atoms with Gasteiger partial charge in [-0.25, -0.2) is 14.3 Å². The Morgan fingerprint density at radius 2 is 1.85 bits per heavy atom. The van der Waals surface area contributed by atoms with E-state index in [0.29, 0.717) is 22.4 Å². The Morgan fingerprint density at radius 1 is 1.08 bits per heavy atom. The maximum absolute atomic E-state index is 13.9. The first kappa shape index (κ1) is 25.6. The average Bonchev–Trinajstić information content (AvgIpc) is 3.64. The van der Waals surface area contributed by atoms with Gasteiger partial charge in [0.2, 0.25) is 0 Å². The van der Waals surface area contributed by atoms with Gasteiger partial charge in [0.15, 0.2) is 0 Å². The number of aromatic nitrogens is 4. The molecule has 204 valence electrons. The van der Waals surface area contributed by atoms with Crippen LogP contribution in [0.15, 0.2) is 53.6 Å². The van der Waals surface area contributed by atoms with Crippen LogP contribution in [0, 0.1) is 0 Å². The standard InChI is InChI=1S/C29H31F3N6O/c1-17(2)37-26(39)21-16-34-25(36-19-5-6-22-18(13-19)7-12-35-27(22,3)4)15-23(21)38(37)20-8-11-33-24(14-20)28(9-10-28)29(30,31)32/h5-6,8,11,13-17,35H,7,9-10,12H2,1-4H3,(H,34,36). The lowest BCUT2D eigenvalue weighted by molar-refractivity contribution is -0.161. The van der Waals surface area contributed by atoms with Crippen molar-refractivity contribution < 1.29 is 13.2 Å². The van der Waals surface area contributed by atoms with Gasteiger partial charge in [-0.2, -0.15) is 13.2 Å². The predicted octanol–water partition coefficient (Wildman–Crippen LogP) is 5.88. The summed E-state index contributed by atoms with van der Waals surface area (Å²) >= 11 is 0. The summed E-state index contributed by atoms with van der Waals surface area (Å²) in [5.41, 5.74) is 2.12. The number of hydrogen-bond acceptors (Lipinski definition) is 5. The normalized spacial score (nSPS) is 17.8. The van der Waals surface area contributed by atoms with Gasteiger partial charge in [-0.05, 0) is 88.9 Å². The Labute approximate surface area is 224 Å². The molecule has 1 saturated carbocycles. The Morgan fingerprint density at radius 3 is 2.54 bits per heavy atom. The lowest BCUT2D eigenvalue weighted by Gasteiger charge is -2.34. The lowest BCUT2D eigenvalue weighted by Crippen LogP contribution is -2.42. The number of fused-ring (bicyclic) bond motifs is 2. The fraction of sp³-hybridized carbons (Fsp3) is 0.414. The summed E-state index contributed by atoms with van der Waals surface area (Å²) in [4.78, 5) is 22.0. The molecule has 10 heteroatoms. The van der Waals surface area contributed by atoms with Gasteiger partial charge in [0.25, 0.3) is 5.56 Å². The van der Waals surface area contributed by atoms with Crippen LogP contribution in [0.1, 0.15) is 63.4 Å². The van der Waals surface area contributed by atoms with E-state index in [1.165, 1.54) is 29.6 Å². The molecule has 0 saturated heterocycles. The molecule has 3 aromatic heterocycles. The fourth-order valence-corrected chi connectivity index (χ4v) is 5.78. The van der Waals surface area contributed by atoms with Crippen molar-refractivity contribution in [3.05, 3.63) is 76.0 Å². The number of rotatable bonds is 5. The number of nitrogens with one attached hydrogen (secondary N) is 2. The van der Waals surface area contributed by atoms with E-state index in [9.17, 15) is 18.0 Å². The number of alkyl halides is 3. The number of halogens is 3. The predicted molar refractivity (Wildman–Crippen MR) is 145 cm³/mol. The highest BCUT2D eigenvalue weighted by Gasteiger charge is 2.65. The van der Waals surface area contributed by atoms with Gasteiger partial charge >= 0.3 is 6.18 Å². The molecule has 6 rings (SSSR count). The highest BCUT2D eigenvalue weighted by molar-refractivity contribution is 5.83. The van der Waals surface area contributed by atoms with Crippen molar-refractivity contribution in [3.63, 3.8) is 0 Å². The summed E-state index contributed by atoms with van der Waals surface area (Å²) in [6.45, 7) is 8.96. The van der Waals surface area contributed by atoms with Crippen LogP contribution < -0.4 is 16.2 Å². The number of pyridine rings is 2. The highest BCUT2D eigenvalue weighted by atomic mass is 19.4. The van der Waals surface area contributed by atoms with Crippen molar-refractivity contribution in [2.24, 2.45) is 0 Å². The van der Waals surface area contributed by atoms with Gasteiger partial charge in [0, 0.05) is 35.7 Å². The van der Waals surface area contributed by atoms with Gasteiger partial charge in [0.1, 0.15) is 11.2 Å². The Bertz CT molecular complexity index is 1650. The minimum atomic E-state index is -4.38. The molecule has 4 heterocycles. The number of hydrogen-bond donors (Lipinski definition) is 2. The Hall–Kier alpha value is -3.66. The molecule has 0 bridgehead atoms. The lowest BCUT2D eigenvalue weighted by atomic mass is 9.85. The molecule has 0 amide bonds. The van der Waals surface area contributed by atoms with Crippen LogP contribution in [-0.2, 0) is 17.4 Å². The largest absolute Gasteiger partial charge is 0.399 e. The second-order valence-corrected chi connectivity index (χ2v) is 11.4. The molecule has 39 heavy (non-hydrogen) atoms. The van der Waals surface area contributed by atoms with E-state index in [2.05, 4.69) is 46.6 Å². The molecule has 0 atom stereocenters. The zero-order valence-electron chi connectivity index (χ0n) is 22.4. The third-order valence-electron chi connectivity index (χ3n) is 8.04. The first-order valence-electron chi connectivity index (χ1n) is 13.2. The Balaban J connectivity index is 1.44. The van der Waals surface area contributed by atoms with E-state index >= 15 is 0 Å². The third kappa shape index (κ3) is 4.12. The maximum atomic E-state index is 13.9. The van der Waals surface area contributed by atoms with Crippen LogP contribution in [0.4, 0.5) is 24.7 Å². The van der Waals surface area contributed by atoms with Crippen molar-refractivity contribution in [1.29, 1.82) is 0 Å². The topological polar surface area (TPSA) is 76.8 Å². The summed E-state index contributed by atoms with van der Waals surface area (Å²) in [5.74, 6) is 0.536. The fourth-order valence-electron chi connectivity index (χ4n) is 5.78. The first-order valence-corrected chi connectivity index (χ1v) is 13.2. The number of benzene rings is 1. The summed E-state index contributed by atoms with van der Waals surface area (Å²) in [6.07, 6.45) is -0.509. The highest BCUT2D eigenvalue weighted by Crippen LogP contribution is 2.58. The average molecular weight is 537 g/mol. The van der Waals surface area contributed by atoms with Crippen molar-refractivity contribution in [1.82, 2.24) is 24.6 Å². The third-order valence-corrected chi connectivity index (χ3v) is 8.04. The zero-order valence-corrected chi connectivity index (χ0v) is 22.4. The van der Waals surface area contributed by atoms with Crippen LogP contribution in [0.25, 0.3) is 16.6 Å². The molecule has 0 radical (unpaired) electrons. The minimum absolute atomic E-state index is 0.0162. The van der Waals surface area contributed by atoms with Crippen LogP contribution in [0.3, 0.4) is 0 Å². The summed E-state index contributed by atoms with van der Waals surface area (Å²) in [7, 11) is 0. The smallest absolute Gasteiger partial charge is 0.340 e. The first-order chi connectivity index (χ1) is 18.4. The number of nitrogens with zero attached hydrogens (tertiary/aromatic N) is 4. The van der Waals surface area contributed by atoms with Gasteiger partial charge in [0.05, 0.1) is 22.3 Å². The molecule has 2 N–H and O–H groups in total. The maximum Gasteiger partial charge on any atom is 0.399 e. The van der Waals surface area contributed by atoms with E-state index in [4.69, 9.17) is 0 Å². The van der Waals surface area contributed by atoms with E-state index in [0.717, 1.165) is 18.7 Å². The summed E-state index contributed by atoms with van der Waals surface area (Å²) in [5, 5.41) is 7.28. The monoisotopic (exact) mass is 536 g/mol. The summed E-state index contributed by atoms with van der Waals surface area (Å²) < 4.78 is 44.8. The second kappa shape index (κ2) is 8.67. The van der Waals surface area contributed by atoms with Crippen LogP contribution >= 0.6 is 0 Å². The van der Waals surface area contributed by atoms with Crippen molar-refractivity contribution in [2.45, 2.75) is 70.1 Å². The zero-order chi connectivity index (χ0) is 27.7. The molecule has 0 spiro atoms. The van der Waals surface area contributed by atoms with Crippen molar-refractivity contribution in [2.75, 3.05) is 11.9 Å². The molecule has 0 unspecified atom stereocenters. The molecular formula is C29H31F3N6O. The van der Waals surface area contributed by atoms with Gasteiger partial charge in [-0.1, -0.05) is 6.07 Å². The van der Waals surface area contributed by atoms with Crippen LogP contribution in [0.2, 0.25) is 0 Å². The molecule has 1 aliphatic heterocycles.